The van der Waals surface area contributed by atoms with E-state index in [0.29, 0.717) is 6.54 Å². The molecule has 0 atom stereocenters. The van der Waals surface area contributed by atoms with Gasteiger partial charge in [-0.3, -0.25) is 0 Å². The minimum absolute atomic E-state index is 0.497. The largest absolute Gasteiger partial charge is 0.326 e. The summed E-state index contributed by atoms with van der Waals surface area (Å²) in [6, 6.07) is 28.5. The zero-order valence-electron chi connectivity index (χ0n) is 13.4. The molecule has 1 nitrogen and oxygen atoms in total. The molecule has 0 aliphatic heterocycles. The molecule has 0 radical (unpaired) electrons. The zero-order chi connectivity index (χ0) is 16.6. The van der Waals surface area contributed by atoms with Crippen LogP contribution in [-0.2, 0) is 6.54 Å². The van der Waals surface area contributed by atoms with Gasteiger partial charge in [-0.25, -0.2) is 0 Å². The minimum atomic E-state index is 0.497. The van der Waals surface area contributed by atoms with Crippen molar-refractivity contribution in [3.63, 3.8) is 0 Å². The first kappa shape index (κ1) is 15.8. The lowest BCUT2D eigenvalue weighted by Crippen LogP contribution is -2.01. The molecule has 0 bridgehead atoms. The Morgan fingerprint density at radius 3 is 2.12 bits per heavy atom. The van der Waals surface area contributed by atoms with Crippen LogP contribution in [0.25, 0.3) is 11.6 Å². The Kier molecular flexibility index (Phi) is 5.24. The molecule has 0 aliphatic carbocycles. The molecule has 0 fully saturated rings. The van der Waals surface area contributed by atoms with E-state index in [2.05, 4.69) is 35.7 Å². The van der Waals surface area contributed by atoms with Crippen molar-refractivity contribution in [2.24, 2.45) is 5.73 Å². The van der Waals surface area contributed by atoms with E-state index >= 15 is 0 Å². The van der Waals surface area contributed by atoms with E-state index < -0.39 is 0 Å². The molecule has 3 aromatic rings. The maximum Gasteiger partial charge on any atom is 0.0396 e. The van der Waals surface area contributed by atoms with E-state index in [-0.39, 0.29) is 0 Å². The lowest BCUT2D eigenvalue weighted by atomic mass is 9.94. The smallest absolute Gasteiger partial charge is 0.0396 e. The molecule has 0 saturated heterocycles. The number of rotatable bonds is 4. The number of nitrogens with two attached hydrogens (primary N) is 1. The molecular formula is C23H19N. The SMILES string of the molecule is NCc1ccccc1C(=C=C=Cc1ccccc1)c1ccccc1. The Morgan fingerprint density at radius 2 is 1.42 bits per heavy atom. The Hall–Kier alpha value is -3.08. The fraction of sp³-hybridized carbons (Fsp3) is 0.0435. The van der Waals surface area contributed by atoms with Crippen LogP contribution in [0.5, 0.6) is 0 Å². The second-order valence-electron chi connectivity index (χ2n) is 5.43. The molecule has 0 aliphatic rings. The minimum Gasteiger partial charge on any atom is -0.326 e. The first-order chi connectivity index (χ1) is 11.9. The summed E-state index contributed by atoms with van der Waals surface area (Å²) in [5.41, 5.74) is 17.9. The van der Waals surface area contributed by atoms with Crippen LogP contribution >= 0.6 is 0 Å². The van der Waals surface area contributed by atoms with Gasteiger partial charge in [0.15, 0.2) is 0 Å². The topological polar surface area (TPSA) is 26.0 Å². The molecule has 0 unspecified atom stereocenters. The summed E-state index contributed by atoms with van der Waals surface area (Å²) in [5, 5.41) is 0. The average molecular weight is 309 g/mol. The highest BCUT2D eigenvalue weighted by Gasteiger charge is 2.08. The highest BCUT2D eigenvalue weighted by Crippen LogP contribution is 2.25. The fourth-order valence-electron chi connectivity index (χ4n) is 2.58. The van der Waals surface area contributed by atoms with Gasteiger partial charge in [0.05, 0.1) is 0 Å². The summed E-state index contributed by atoms with van der Waals surface area (Å²) in [6.45, 7) is 0.497. The summed E-state index contributed by atoms with van der Waals surface area (Å²) in [5.74, 6) is 0. The van der Waals surface area contributed by atoms with Gasteiger partial charge in [-0.1, -0.05) is 96.4 Å². The normalized spacial score (nSPS) is 9.71. The third-order valence-electron chi connectivity index (χ3n) is 3.80. The maximum atomic E-state index is 5.92. The second-order valence-corrected chi connectivity index (χ2v) is 5.43. The van der Waals surface area contributed by atoms with Crippen molar-refractivity contribution in [2.45, 2.75) is 6.54 Å². The van der Waals surface area contributed by atoms with Gasteiger partial charge in [-0.05, 0) is 28.3 Å². The molecule has 0 spiro atoms. The number of hydrogen-bond donors (Lipinski definition) is 1. The first-order valence-corrected chi connectivity index (χ1v) is 7.99. The molecule has 24 heavy (non-hydrogen) atoms. The molecule has 3 rings (SSSR count). The predicted molar refractivity (Wildman–Crippen MR) is 101 cm³/mol. The van der Waals surface area contributed by atoms with Crippen molar-refractivity contribution in [1.29, 1.82) is 0 Å². The van der Waals surface area contributed by atoms with Crippen LogP contribution < -0.4 is 5.73 Å². The van der Waals surface area contributed by atoms with Crippen LogP contribution in [0.3, 0.4) is 0 Å². The summed E-state index contributed by atoms with van der Waals surface area (Å²) in [6.07, 6.45) is 1.94. The van der Waals surface area contributed by atoms with Gasteiger partial charge in [0, 0.05) is 12.1 Å². The van der Waals surface area contributed by atoms with Crippen LogP contribution in [0.15, 0.2) is 96.4 Å². The molecule has 3 aromatic carbocycles. The Bertz CT molecular complexity index is 895. The molecule has 0 amide bonds. The number of hydrogen-bond acceptors (Lipinski definition) is 1. The Labute approximate surface area is 143 Å². The quantitative estimate of drug-likeness (QED) is 0.671. The van der Waals surface area contributed by atoms with Crippen molar-refractivity contribution >= 4 is 11.6 Å². The maximum absolute atomic E-state index is 5.92. The van der Waals surface area contributed by atoms with Crippen molar-refractivity contribution in [3.8, 4) is 0 Å². The average Bonchev–Trinajstić information content (AvgIpc) is 2.67. The van der Waals surface area contributed by atoms with Crippen LogP contribution in [0.4, 0.5) is 0 Å². The van der Waals surface area contributed by atoms with Crippen molar-refractivity contribution in [2.75, 3.05) is 0 Å². The summed E-state index contributed by atoms with van der Waals surface area (Å²) < 4.78 is 0. The highest BCUT2D eigenvalue weighted by molar-refractivity contribution is 5.81. The number of benzene rings is 3. The monoisotopic (exact) mass is 309 g/mol. The van der Waals surface area contributed by atoms with Gasteiger partial charge in [0.1, 0.15) is 0 Å². The van der Waals surface area contributed by atoms with E-state index in [0.717, 1.165) is 27.8 Å². The molecular weight excluding hydrogens is 290 g/mol. The lowest BCUT2D eigenvalue weighted by molar-refractivity contribution is 1.06. The Morgan fingerprint density at radius 1 is 0.792 bits per heavy atom. The summed E-state index contributed by atoms with van der Waals surface area (Å²) in [4.78, 5) is 0. The van der Waals surface area contributed by atoms with Gasteiger partial charge in [-0.2, -0.15) is 0 Å². The van der Waals surface area contributed by atoms with Crippen LogP contribution in [0.2, 0.25) is 0 Å². The van der Waals surface area contributed by atoms with Gasteiger partial charge in [-0.15, -0.1) is 0 Å². The zero-order valence-corrected chi connectivity index (χ0v) is 13.4. The van der Waals surface area contributed by atoms with Crippen molar-refractivity contribution < 1.29 is 0 Å². The Balaban J connectivity index is 2.16. The van der Waals surface area contributed by atoms with Crippen LogP contribution in [0.1, 0.15) is 22.3 Å². The molecule has 1 heteroatoms. The standard InChI is InChI=1S/C23H19N/c24-18-21-15-7-8-16-23(21)22(20-13-5-2-6-14-20)17-9-12-19-10-3-1-4-11-19/h1-8,10-16H,18,24H2. The molecule has 0 aromatic heterocycles. The molecule has 2 N–H and O–H groups in total. The molecule has 116 valence electrons. The fourth-order valence-corrected chi connectivity index (χ4v) is 2.58. The van der Waals surface area contributed by atoms with Gasteiger partial charge in [0.25, 0.3) is 0 Å². The van der Waals surface area contributed by atoms with E-state index in [1.165, 1.54) is 0 Å². The van der Waals surface area contributed by atoms with Crippen LogP contribution in [0, 0.1) is 0 Å². The van der Waals surface area contributed by atoms with Gasteiger partial charge in [0.2, 0.25) is 0 Å². The van der Waals surface area contributed by atoms with E-state index in [4.69, 9.17) is 5.73 Å². The van der Waals surface area contributed by atoms with Gasteiger partial charge >= 0.3 is 0 Å². The molecule has 0 saturated carbocycles. The third kappa shape index (κ3) is 3.81. The predicted octanol–water partition coefficient (Wildman–Crippen LogP) is 5.04. The highest BCUT2D eigenvalue weighted by atomic mass is 14.5. The first-order valence-electron chi connectivity index (χ1n) is 7.99. The third-order valence-corrected chi connectivity index (χ3v) is 3.80. The van der Waals surface area contributed by atoms with Crippen LogP contribution in [-0.4, -0.2) is 0 Å². The summed E-state index contributed by atoms with van der Waals surface area (Å²) in [7, 11) is 0. The van der Waals surface area contributed by atoms with E-state index in [9.17, 15) is 0 Å². The van der Waals surface area contributed by atoms with Crippen molar-refractivity contribution in [1.82, 2.24) is 0 Å². The van der Waals surface area contributed by atoms with E-state index in [1.807, 2.05) is 66.7 Å². The summed E-state index contributed by atoms with van der Waals surface area (Å²) >= 11 is 0. The second kappa shape index (κ2) is 7.97. The van der Waals surface area contributed by atoms with Gasteiger partial charge < -0.3 is 5.73 Å². The van der Waals surface area contributed by atoms with Crippen molar-refractivity contribution in [3.05, 3.63) is 119 Å². The lowest BCUT2D eigenvalue weighted by Gasteiger charge is -2.10. The molecule has 0 heterocycles. The van der Waals surface area contributed by atoms with E-state index in [1.54, 1.807) is 0 Å².